The Labute approximate surface area is 175 Å². The molecule has 0 bridgehead atoms. The number of benzene rings is 1. The summed E-state index contributed by atoms with van der Waals surface area (Å²) in [5.74, 6) is 0.901. The van der Waals surface area contributed by atoms with E-state index in [-0.39, 0.29) is 29.9 Å². The number of carbonyl (C=O) groups excluding carboxylic acids is 1. The first kappa shape index (κ1) is 20.5. The average molecular weight is 521 g/mol. The summed E-state index contributed by atoms with van der Waals surface area (Å²) >= 11 is 3.38. The number of carbonyl (C=O) groups is 1. The molecule has 1 aliphatic heterocycles. The minimum Gasteiger partial charge on any atom is -0.354 e. The summed E-state index contributed by atoms with van der Waals surface area (Å²) in [5, 5.41) is 6.31. The maximum absolute atomic E-state index is 12.1. The van der Waals surface area contributed by atoms with Gasteiger partial charge in [-0.25, -0.2) is 0 Å². The number of nitrogens with one attached hydrogen (secondary N) is 2. The molecule has 2 fully saturated rings. The molecule has 0 radical (unpaired) electrons. The van der Waals surface area contributed by atoms with Crippen molar-refractivity contribution in [3.05, 3.63) is 34.3 Å². The molecule has 5 nitrogen and oxygen atoms in total. The average Bonchev–Trinajstić information content (AvgIpc) is 3.00. The third-order valence-corrected chi connectivity index (χ3v) is 5.64. The van der Waals surface area contributed by atoms with Crippen LogP contribution in [0.5, 0.6) is 0 Å². The number of halogens is 2. The number of amides is 1. The number of hydrogen-bond donors (Lipinski definition) is 2. The number of rotatable bonds is 4. The first-order valence-corrected chi connectivity index (χ1v) is 9.41. The van der Waals surface area contributed by atoms with Gasteiger partial charge in [0.05, 0.1) is 0 Å². The second-order valence-corrected chi connectivity index (χ2v) is 7.68. The van der Waals surface area contributed by atoms with Gasteiger partial charge in [0.25, 0.3) is 5.91 Å². The van der Waals surface area contributed by atoms with Gasteiger partial charge in [0.1, 0.15) is 0 Å². The number of nitrogens with zero attached hydrogens (tertiary/aromatic N) is 2. The molecule has 1 aromatic rings. The van der Waals surface area contributed by atoms with Gasteiger partial charge < -0.3 is 15.5 Å². The molecule has 1 heterocycles. The fraction of sp³-hybridized carbons (Fsp3) is 0.556. The summed E-state index contributed by atoms with van der Waals surface area (Å²) in [6.07, 6.45) is 5.39. The van der Waals surface area contributed by atoms with Crippen LogP contribution >= 0.6 is 39.9 Å². The predicted octanol–water partition coefficient (Wildman–Crippen LogP) is 3.25. The number of likely N-dealkylation sites (tertiary alicyclic amines) is 1. The van der Waals surface area contributed by atoms with Crippen LogP contribution in [0.1, 0.15) is 36.0 Å². The van der Waals surface area contributed by atoms with Gasteiger partial charge in [0.15, 0.2) is 5.96 Å². The summed E-state index contributed by atoms with van der Waals surface area (Å²) in [6, 6.07) is 7.41. The molecule has 0 unspecified atom stereocenters. The van der Waals surface area contributed by atoms with Crippen molar-refractivity contribution in [3.63, 3.8) is 0 Å². The highest BCUT2D eigenvalue weighted by atomic mass is 127. The van der Waals surface area contributed by atoms with Crippen molar-refractivity contribution in [3.8, 4) is 0 Å². The Hall–Kier alpha value is -0.830. The summed E-state index contributed by atoms with van der Waals surface area (Å²) in [4.78, 5) is 18.8. The van der Waals surface area contributed by atoms with E-state index >= 15 is 0 Å². The zero-order chi connectivity index (χ0) is 17.0. The Morgan fingerprint density at radius 3 is 2.64 bits per heavy atom. The molecule has 1 aromatic carbocycles. The van der Waals surface area contributed by atoms with Gasteiger partial charge in [-0.15, -0.1) is 24.0 Å². The van der Waals surface area contributed by atoms with Crippen molar-refractivity contribution in [2.75, 3.05) is 33.2 Å². The van der Waals surface area contributed by atoms with Gasteiger partial charge in [-0.05, 0) is 42.9 Å². The first-order chi connectivity index (χ1) is 11.6. The number of guanidine groups is 1. The third kappa shape index (κ3) is 5.09. The maximum atomic E-state index is 12.1. The fourth-order valence-corrected chi connectivity index (χ4v) is 4.01. The van der Waals surface area contributed by atoms with E-state index in [9.17, 15) is 4.79 Å². The van der Waals surface area contributed by atoms with Crippen LogP contribution in [0.3, 0.4) is 0 Å². The molecule has 1 saturated carbocycles. The summed E-state index contributed by atoms with van der Waals surface area (Å²) < 4.78 is 0.910. The van der Waals surface area contributed by atoms with Crippen LogP contribution in [0.2, 0.25) is 0 Å². The topological polar surface area (TPSA) is 56.7 Å². The lowest BCUT2D eigenvalue weighted by Gasteiger charge is -2.38. The second-order valence-electron chi connectivity index (χ2n) is 6.77. The standard InChI is InChI=1S/C18H25BrN4O.HI/c1-20-17(23-11-8-18(13-23)6-3-7-18)22-10-9-21-16(24)14-4-2-5-15(19)12-14;/h2,4-5,12H,3,6-11,13H2,1H3,(H,20,22)(H,21,24);1H. The van der Waals surface area contributed by atoms with Gasteiger partial charge in [0.2, 0.25) is 0 Å². The molecule has 1 saturated heterocycles. The highest BCUT2D eigenvalue weighted by molar-refractivity contribution is 14.0. The molecule has 3 rings (SSSR count). The Balaban J connectivity index is 0.00000225. The lowest BCUT2D eigenvalue weighted by atomic mass is 9.68. The summed E-state index contributed by atoms with van der Waals surface area (Å²) in [5.41, 5.74) is 1.23. The zero-order valence-corrected chi connectivity index (χ0v) is 18.5. The van der Waals surface area contributed by atoms with Crippen LogP contribution in [0.25, 0.3) is 0 Å². The van der Waals surface area contributed by atoms with E-state index in [2.05, 4.69) is 36.5 Å². The Morgan fingerprint density at radius 1 is 1.28 bits per heavy atom. The summed E-state index contributed by atoms with van der Waals surface area (Å²) in [6.45, 7) is 3.46. The van der Waals surface area contributed by atoms with Crippen LogP contribution < -0.4 is 10.6 Å². The Bertz CT molecular complexity index is 633. The highest BCUT2D eigenvalue weighted by Gasteiger charge is 2.43. The van der Waals surface area contributed by atoms with Gasteiger partial charge >= 0.3 is 0 Å². The Morgan fingerprint density at radius 2 is 2.04 bits per heavy atom. The number of aliphatic imine (C=N–C) groups is 1. The van der Waals surface area contributed by atoms with Crippen LogP contribution in [0.15, 0.2) is 33.7 Å². The van der Waals surface area contributed by atoms with Crippen molar-refractivity contribution in [2.24, 2.45) is 10.4 Å². The zero-order valence-electron chi connectivity index (χ0n) is 14.6. The van der Waals surface area contributed by atoms with Gasteiger partial charge in [-0.3, -0.25) is 9.79 Å². The molecule has 25 heavy (non-hydrogen) atoms. The monoisotopic (exact) mass is 520 g/mol. The molecular formula is C18H26BrIN4O. The molecule has 1 spiro atoms. The van der Waals surface area contributed by atoms with E-state index in [1.807, 2.05) is 31.3 Å². The van der Waals surface area contributed by atoms with Crippen LogP contribution in [-0.4, -0.2) is 50.0 Å². The van der Waals surface area contributed by atoms with Gasteiger partial charge in [-0.2, -0.15) is 0 Å². The minimum atomic E-state index is -0.0531. The first-order valence-electron chi connectivity index (χ1n) is 8.61. The van der Waals surface area contributed by atoms with E-state index in [1.165, 1.54) is 25.7 Å². The van der Waals surface area contributed by atoms with Crippen molar-refractivity contribution >= 4 is 51.8 Å². The smallest absolute Gasteiger partial charge is 0.251 e. The van der Waals surface area contributed by atoms with E-state index in [0.29, 0.717) is 24.1 Å². The maximum Gasteiger partial charge on any atom is 0.251 e. The van der Waals surface area contributed by atoms with Crippen molar-refractivity contribution in [1.82, 2.24) is 15.5 Å². The van der Waals surface area contributed by atoms with Gasteiger partial charge in [0, 0.05) is 43.3 Å². The molecule has 7 heteroatoms. The molecule has 0 aromatic heterocycles. The van der Waals surface area contributed by atoms with E-state index in [4.69, 9.17) is 0 Å². The third-order valence-electron chi connectivity index (χ3n) is 5.14. The van der Waals surface area contributed by atoms with Crippen LogP contribution in [0, 0.1) is 5.41 Å². The molecule has 1 aliphatic carbocycles. The van der Waals surface area contributed by atoms with Crippen LogP contribution in [-0.2, 0) is 0 Å². The molecule has 0 atom stereocenters. The van der Waals surface area contributed by atoms with Crippen LogP contribution in [0.4, 0.5) is 0 Å². The molecular weight excluding hydrogens is 495 g/mol. The van der Waals surface area contributed by atoms with E-state index in [0.717, 1.165) is 23.5 Å². The Kier molecular flexibility index (Phi) is 7.54. The van der Waals surface area contributed by atoms with E-state index < -0.39 is 0 Å². The summed E-state index contributed by atoms with van der Waals surface area (Å²) in [7, 11) is 1.83. The van der Waals surface area contributed by atoms with Gasteiger partial charge in [-0.1, -0.05) is 28.4 Å². The normalized spacial score (nSPS) is 18.5. The molecule has 1 amide bonds. The highest BCUT2D eigenvalue weighted by Crippen LogP contribution is 2.47. The molecule has 2 aliphatic rings. The number of hydrogen-bond acceptors (Lipinski definition) is 2. The second kappa shape index (κ2) is 9.21. The largest absolute Gasteiger partial charge is 0.354 e. The SMILES string of the molecule is CN=C(NCCNC(=O)c1cccc(Br)c1)N1CCC2(CCC2)C1.I. The lowest BCUT2D eigenvalue weighted by molar-refractivity contribution is 0.0954. The molecule has 2 N–H and O–H groups in total. The van der Waals surface area contributed by atoms with Crippen molar-refractivity contribution < 1.29 is 4.79 Å². The van der Waals surface area contributed by atoms with Crippen molar-refractivity contribution in [2.45, 2.75) is 25.7 Å². The van der Waals surface area contributed by atoms with E-state index in [1.54, 1.807) is 0 Å². The molecule has 138 valence electrons. The fourth-order valence-electron chi connectivity index (χ4n) is 3.62. The quantitative estimate of drug-likeness (QED) is 0.277. The van der Waals surface area contributed by atoms with Crippen molar-refractivity contribution in [1.29, 1.82) is 0 Å². The predicted molar refractivity (Wildman–Crippen MR) is 116 cm³/mol. The minimum absolute atomic E-state index is 0. The lowest BCUT2D eigenvalue weighted by Crippen LogP contribution is -2.44.